The Hall–Kier alpha value is -3.77. The minimum Gasteiger partial charge on any atom is -0.490 e. The number of halogens is 1. The van der Waals surface area contributed by atoms with E-state index >= 15 is 0 Å². The Kier molecular flexibility index (Phi) is 9.46. The van der Waals surface area contributed by atoms with Crippen molar-refractivity contribution < 1.29 is 19.1 Å². The van der Waals surface area contributed by atoms with Gasteiger partial charge in [0.1, 0.15) is 6.61 Å². The maximum Gasteiger partial charge on any atom is 0.227 e. The number of nitrogens with zero attached hydrogens (tertiary/aromatic N) is 1. The lowest BCUT2D eigenvalue weighted by atomic mass is 9.73. The first-order valence-corrected chi connectivity index (χ1v) is 15.7. The number of carbonyl (C=O) groups excluding carboxylic acids is 2. The first-order valence-electron chi connectivity index (χ1n) is 15.3. The molecule has 0 saturated heterocycles. The fourth-order valence-corrected chi connectivity index (χ4v) is 6.17. The average molecular weight is 601 g/mol. The fraction of sp³-hybridized carbons (Fsp3) is 0.389. The molecule has 3 aromatic rings. The van der Waals surface area contributed by atoms with E-state index in [1.54, 1.807) is 0 Å². The first-order chi connectivity index (χ1) is 20.7. The number of hydrogen-bond acceptors (Lipinski definition) is 5. The standard InChI is InChI=1S/C36H41ClN2O4/c1-5-7-8-13-33(41)39-29-12-10-9-11-27(29)38-28-21-36(3,4)22-30(40)34(28)35(39)25-16-19-31(32(20-25)42-6-2)43-23-24-14-17-26(37)18-15-24/h9-12,14-20,35,38H,5-8,13,21-23H2,1-4H3/t35-/m1/s1. The molecule has 0 radical (unpaired) electrons. The summed E-state index contributed by atoms with van der Waals surface area (Å²) in [4.78, 5) is 30.0. The number of nitrogens with one attached hydrogen (secondary N) is 1. The number of Topliss-reactive ketones (excluding diaryl/α,β-unsaturated/α-hetero) is 1. The van der Waals surface area contributed by atoms with Crippen LogP contribution in [0.5, 0.6) is 11.5 Å². The number of allylic oxidation sites excluding steroid dienone is 1. The molecule has 226 valence electrons. The van der Waals surface area contributed by atoms with Crippen LogP contribution in [0.1, 0.15) is 83.4 Å². The van der Waals surface area contributed by atoms with Gasteiger partial charge < -0.3 is 14.8 Å². The third-order valence-corrected chi connectivity index (χ3v) is 8.31. The van der Waals surface area contributed by atoms with Crippen molar-refractivity contribution in [2.75, 3.05) is 16.8 Å². The van der Waals surface area contributed by atoms with E-state index in [0.29, 0.717) is 54.6 Å². The van der Waals surface area contributed by atoms with E-state index in [0.717, 1.165) is 47.5 Å². The Balaban J connectivity index is 1.62. The van der Waals surface area contributed by atoms with Crippen molar-refractivity contribution in [1.82, 2.24) is 0 Å². The smallest absolute Gasteiger partial charge is 0.227 e. The third kappa shape index (κ3) is 6.91. The number of para-hydroxylation sites is 2. The fourth-order valence-electron chi connectivity index (χ4n) is 6.05. The summed E-state index contributed by atoms with van der Waals surface area (Å²) in [6.45, 7) is 9.09. The van der Waals surface area contributed by atoms with Crippen molar-refractivity contribution in [3.63, 3.8) is 0 Å². The maximum absolute atomic E-state index is 14.1. The van der Waals surface area contributed by atoms with E-state index in [-0.39, 0.29) is 17.1 Å². The van der Waals surface area contributed by atoms with E-state index in [1.807, 2.05) is 78.6 Å². The van der Waals surface area contributed by atoms with Gasteiger partial charge in [0, 0.05) is 29.1 Å². The van der Waals surface area contributed by atoms with Crippen LogP contribution in [-0.2, 0) is 16.2 Å². The molecule has 1 aliphatic heterocycles. The largest absolute Gasteiger partial charge is 0.490 e. The Labute approximate surface area is 260 Å². The SMILES string of the molecule is CCCCCC(=O)N1c2ccccc2NC2=C(C(=O)CC(C)(C)C2)[C@H]1c1ccc(OCc2ccc(Cl)cc2)c(OCC)c1. The lowest BCUT2D eigenvalue weighted by Crippen LogP contribution is -2.39. The number of carbonyl (C=O) groups is 2. The highest BCUT2D eigenvalue weighted by atomic mass is 35.5. The summed E-state index contributed by atoms with van der Waals surface area (Å²) in [5, 5.41) is 4.26. The number of ether oxygens (including phenoxy) is 2. The molecule has 0 unspecified atom stereocenters. The van der Waals surface area contributed by atoms with Crippen LogP contribution in [0.25, 0.3) is 0 Å². The topological polar surface area (TPSA) is 67.9 Å². The number of rotatable bonds is 10. The molecular formula is C36H41ClN2O4. The Morgan fingerprint density at radius 1 is 0.977 bits per heavy atom. The summed E-state index contributed by atoms with van der Waals surface area (Å²) in [5.41, 5.74) is 4.73. The van der Waals surface area contributed by atoms with Crippen LogP contribution in [0, 0.1) is 5.41 Å². The molecule has 1 N–H and O–H groups in total. The molecule has 7 heteroatoms. The first kappa shape index (κ1) is 30.7. The summed E-state index contributed by atoms with van der Waals surface area (Å²) in [6, 6.07) is 20.6. The van der Waals surface area contributed by atoms with Crippen molar-refractivity contribution in [3.05, 3.63) is 94.1 Å². The molecule has 1 aliphatic carbocycles. The molecule has 2 aliphatic rings. The Morgan fingerprint density at radius 2 is 1.74 bits per heavy atom. The number of hydrogen-bond donors (Lipinski definition) is 1. The lowest BCUT2D eigenvalue weighted by Gasteiger charge is -2.37. The highest BCUT2D eigenvalue weighted by Gasteiger charge is 2.43. The molecule has 6 nitrogen and oxygen atoms in total. The van der Waals surface area contributed by atoms with E-state index in [4.69, 9.17) is 21.1 Å². The predicted molar refractivity (Wildman–Crippen MR) is 173 cm³/mol. The highest BCUT2D eigenvalue weighted by molar-refractivity contribution is 6.30. The summed E-state index contributed by atoms with van der Waals surface area (Å²) in [7, 11) is 0. The number of ketones is 1. The summed E-state index contributed by atoms with van der Waals surface area (Å²) in [5.74, 6) is 1.23. The molecule has 1 amide bonds. The van der Waals surface area contributed by atoms with Crippen molar-refractivity contribution in [1.29, 1.82) is 0 Å². The van der Waals surface area contributed by atoms with Gasteiger partial charge >= 0.3 is 0 Å². The van der Waals surface area contributed by atoms with Crippen molar-refractivity contribution in [2.24, 2.45) is 5.41 Å². The lowest BCUT2D eigenvalue weighted by molar-refractivity contribution is -0.119. The van der Waals surface area contributed by atoms with E-state index in [2.05, 4.69) is 26.1 Å². The quantitative estimate of drug-likeness (QED) is 0.235. The zero-order chi connectivity index (χ0) is 30.6. The number of unbranched alkanes of at least 4 members (excludes halogenated alkanes) is 2. The average Bonchev–Trinajstić information content (AvgIpc) is 3.11. The molecule has 5 rings (SSSR count). The number of fused-ring (bicyclic) bond motifs is 1. The van der Waals surface area contributed by atoms with Gasteiger partial charge in [0.25, 0.3) is 0 Å². The van der Waals surface area contributed by atoms with Gasteiger partial charge in [0.2, 0.25) is 5.91 Å². The number of benzene rings is 3. The van der Waals surface area contributed by atoms with Gasteiger partial charge in [-0.15, -0.1) is 0 Å². The number of anilines is 2. The van der Waals surface area contributed by atoms with Gasteiger partial charge in [-0.05, 0) is 72.7 Å². The highest BCUT2D eigenvalue weighted by Crippen LogP contribution is 2.49. The second-order valence-corrected chi connectivity index (χ2v) is 12.6. The van der Waals surface area contributed by atoms with E-state index < -0.39 is 6.04 Å². The molecule has 1 atom stereocenters. The molecular weight excluding hydrogens is 560 g/mol. The zero-order valence-corrected chi connectivity index (χ0v) is 26.3. The van der Waals surface area contributed by atoms with Crippen LogP contribution in [0.3, 0.4) is 0 Å². The maximum atomic E-state index is 14.1. The van der Waals surface area contributed by atoms with Gasteiger partial charge in [-0.3, -0.25) is 14.5 Å². The molecule has 0 bridgehead atoms. The minimum atomic E-state index is -0.603. The molecule has 1 heterocycles. The second kappa shape index (κ2) is 13.3. The van der Waals surface area contributed by atoms with Crippen LogP contribution in [0.15, 0.2) is 78.0 Å². The predicted octanol–water partition coefficient (Wildman–Crippen LogP) is 9.04. The van der Waals surface area contributed by atoms with E-state index in [1.165, 1.54) is 0 Å². The normalized spacial score (nSPS) is 17.5. The molecule has 0 spiro atoms. The summed E-state index contributed by atoms with van der Waals surface area (Å²) in [6.07, 6.45) is 4.31. The molecule has 0 aromatic heterocycles. The van der Waals surface area contributed by atoms with Gasteiger partial charge in [-0.25, -0.2) is 0 Å². The van der Waals surface area contributed by atoms with Crippen molar-refractivity contribution in [3.8, 4) is 11.5 Å². The van der Waals surface area contributed by atoms with E-state index in [9.17, 15) is 9.59 Å². The second-order valence-electron chi connectivity index (χ2n) is 12.2. The van der Waals surface area contributed by atoms with Crippen LogP contribution in [0.2, 0.25) is 5.02 Å². The molecule has 43 heavy (non-hydrogen) atoms. The minimum absolute atomic E-state index is 0.000100. The Bertz CT molecular complexity index is 1510. The van der Waals surface area contributed by atoms with Crippen LogP contribution in [-0.4, -0.2) is 18.3 Å². The van der Waals surface area contributed by atoms with Crippen LogP contribution < -0.4 is 19.7 Å². The van der Waals surface area contributed by atoms with Crippen LogP contribution in [0.4, 0.5) is 11.4 Å². The molecule has 3 aromatic carbocycles. The van der Waals surface area contributed by atoms with Gasteiger partial charge in [-0.2, -0.15) is 0 Å². The Morgan fingerprint density at radius 3 is 2.49 bits per heavy atom. The zero-order valence-electron chi connectivity index (χ0n) is 25.5. The summed E-state index contributed by atoms with van der Waals surface area (Å²) >= 11 is 6.05. The summed E-state index contributed by atoms with van der Waals surface area (Å²) < 4.78 is 12.3. The van der Waals surface area contributed by atoms with Gasteiger partial charge in [0.15, 0.2) is 17.3 Å². The van der Waals surface area contributed by atoms with Crippen molar-refractivity contribution >= 4 is 34.7 Å². The number of amides is 1. The monoisotopic (exact) mass is 600 g/mol. The van der Waals surface area contributed by atoms with Gasteiger partial charge in [0.05, 0.1) is 24.0 Å². The van der Waals surface area contributed by atoms with Crippen molar-refractivity contribution in [2.45, 2.75) is 78.9 Å². The van der Waals surface area contributed by atoms with Gasteiger partial charge in [-0.1, -0.05) is 75.5 Å². The molecule has 0 saturated carbocycles. The van der Waals surface area contributed by atoms with Crippen LogP contribution >= 0.6 is 11.6 Å². The molecule has 0 fully saturated rings. The third-order valence-electron chi connectivity index (χ3n) is 8.05.